The van der Waals surface area contributed by atoms with Gasteiger partial charge in [0.1, 0.15) is 0 Å². The normalized spacial score (nSPS) is 16.7. The molecule has 0 aromatic carbocycles. The summed E-state index contributed by atoms with van der Waals surface area (Å²) in [5, 5.41) is 7.05. The van der Waals surface area contributed by atoms with Gasteiger partial charge >= 0.3 is 0 Å². The molecule has 0 amide bonds. The van der Waals surface area contributed by atoms with Crippen LogP contribution in [0.5, 0.6) is 0 Å². The van der Waals surface area contributed by atoms with Gasteiger partial charge in [-0.3, -0.25) is 0 Å². The predicted molar refractivity (Wildman–Crippen MR) is 72.5 cm³/mol. The van der Waals surface area contributed by atoms with E-state index in [1.54, 1.807) is 11.3 Å². The van der Waals surface area contributed by atoms with Crippen molar-refractivity contribution in [1.82, 2.24) is 10.3 Å². The maximum Gasteiger partial charge on any atom is 0.0954 e. The van der Waals surface area contributed by atoms with Crippen LogP contribution in [-0.4, -0.2) is 11.0 Å². The first-order valence-corrected chi connectivity index (χ1v) is 6.81. The van der Waals surface area contributed by atoms with Crippen LogP contribution in [0.2, 0.25) is 0 Å². The van der Waals surface area contributed by atoms with Gasteiger partial charge in [-0.05, 0) is 12.8 Å². The first kappa shape index (κ1) is 13.9. The molecule has 0 saturated heterocycles. The Kier molecular flexibility index (Phi) is 5.73. The molecule has 1 aliphatic carbocycles. The Morgan fingerprint density at radius 1 is 1.44 bits per heavy atom. The number of aromatic nitrogens is 1. The van der Waals surface area contributed by atoms with Crippen molar-refractivity contribution >= 4 is 23.7 Å². The lowest BCUT2D eigenvalue weighted by atomic mass is 10.2. The highest BCUT2D eigenvalue weighted by atomic mass is 35.5. The summed E-state index contributed by atoms with van der Waals surface area (Å²) in [6.07, 6.45) is 5.49. The molecular formula is C12H21ClN2S. The molecule has 16 heavy (non-hydrogen) atoms. The second-order valence-corrected chi connectivity index (χ2v) is 5.58. The Balaban J connectivity index is 0.00000128. The van der Waals surface area contributed by atoms with Crippen molar-refractivity contribution in [2.45, 2.75) is 58.0 Å². The van der Waals surface area contributed by atoms with Gasteiger partial charge in [0, 0.05) is 23.9 Å². The summed E-state index contributed by atoms with van der Waals surface area (Å²) in [6, 6.07) is 0.745. The Bertz CT molecular complexity index is 306. The molecule has 1 aliphatic rings. The van der Waals surface area contributed by atoms with E-state index in [0.29, 0.717) is 5.92 Å². The van der Waals surface area contributed by atoms with Crippen LogP contribution < -0.4 is 5.32 Å². The van der Waals surface area contributed by atoms with Crippen LogP contribution in [-0.2, 0) is 6.54 Å². The highest BCUT2D eigenvalue weighted by Crippen LogP contribution is 2.21. The summed E-state index contributed by atoms with van der Waals surface area (Å²) in [5.74, 6) is 0.565. The van der Waals surface area contributed by atoms with E-state index < -0.39 is 0 Å². The van der Waals surface area contributed by atoms with Crippen molar-refractivity contribution in [1.29, 1.82) is 0 Å². The molecule has 1 aromatic heterocycles. The van der Waals surface area contributed by atoms with Crippen LogP contribution in [0.4, 0.5) is 0 Å². The number of nitrogens with zero attached hydrogens (tertiary/aromatic N) is 1. The van der Waals surface area contributed by atoms with E-state index in [1.165, 1.54) is 36.4 Å². The molecule has 4 heteroatoms. The molecule has 92 valence electrons. The zero-order valence-electron chi connectivity index (χ0n) is 10.0. The summed E-state index contributed by atoms with van der Waals surface area (Å²) in [4.78, 5) is 4.63. The van der Waals surface area contributed by atoms with Gasteiger partial charge in [0.05, 0.1) is 10.7 Å². The molecule has 2 rings (SSSR count). The number of hydrogen-bond donors (Lipinski definition) is 1. The Morgan fingerprint density at radius 2 is 2.12 bits per heavy atom. The summed E-state index contributed by atoms with van der Waals surface area (Å²) >= 11 is 1.79. The van der Waals surface area contributed by atoms with Crippen LogP contribution in [0.3, 0.4) is 0 Å². The zero-order valence-corrected chi connectivity index (χ0v) is 11.7. The van der Waals surface area contributed by atoms with Gasteiger partial charge in [-0.15, -0.1) is 23.7 Å². The summed E-state index contributed by atoms with van der Waals surface area (Å²) in [6.45, 7) is 5.36. The lowest BCUT2D eigenvalue weighted by molar-refractivity contribution is 0.519. The number of halogens is 1. The van der Waals surface area contributed by atoms with Gasteiger partial charge in [0.15, 0.2) is 0 Å². The highest BCUT2D eigenvalue weighted by molar-refractivity contribution is 7.09. The third-order valence-corrected chi connectivity index (χ3v) is 4.18. The van der Waals surface area contributed by atoms with E-state index in [1.807, 2.05) is 0 Å². The highest BCUT2D eigenvalue weighted by Gasteiger charge is 2.14. The van der Waals surface area contributed by atoms with Crippen molar-refractivity contribution in [2.24, 2.45) is 0 Å². The standard InChI is InChI=1S/C12H20N2S.ClH/c1-9(2)12-14-11(8-15-12)7-13-10-5-3-4-6-10;/h8-10,13H,3-7H2,1-2H3;1H. The van der Waals surface area contributed by atoms with Crippen LogP contribution in [0, 0.1) is 0 Å². The Morgan fingerprint density at radius 3 is 2.69 bits per heavy atom. The van der Waals surface area contributed by atoms with Gasteiger partial charge in [0.25, 0.3) is 0 Å². The smallest absolute Gasteiger partial charge is 0.0954 e. The molecule has 0 bridgehead atoms. The van der Waals surface area contributed by atoms with Crippen LogP contribution >= 0.6 is 23.7 Å². The van der Waals surface area contributed by atoms with Gasteiger partial charge in [-0.2, -0.15) is 0 Å². The Hall–Kier alpha value is -0.120. The molecule has 1 N–H and O–H groups in total. The third-order valence-electron chi connectivity index (χ3n) is 2.99. The summed E-state index contributed by atoms with van der Waals surface area (Å²) in [5.41, 5.74) is 1.22. The number of nitrogens with one attached hydrogen (secondary N) is 1. The van der Waals surface area contributed by atoms with Crippen LogP contribution in [0.15, 0.2) is 5.38 Å². The molecular weight excluding hydrogens is 240 g/mol. The fourth-order valence-corrected chi connectivity index (χ4v) is 2.88. The lowest BCUT2D eigenvalue weighted by Gasteiger charge is -2.09. The van der Waals surface area contributed by atoms with Crippen molar-refractivity contribution in [2.75, 3.05) is 0 Å². The topological polar surface area (TPSA) is 24.9 Å². The molecule has 0 unspecified atom stereocenters. The first-order chi connectivity index (χ1) is 7.25. The molecule has 0 aliphatic heterocycles. The average Bonchev–Trinajstić information content (AvgIpc) is 2.86. The molecule has 0 radical (unpaired) electrons. The fraction of sp³-hybridized carbons (Fsp3) is 0.750. The molecule has 1 fully saturated rings. The molecule has 1 saturated carbocycles. The second kappa shape index (κ2) is 6.58. The van der Waals surface area contributed by atoms with E-state index in [0.717, 1.165) is 12.6 Å². The van der Waals surface area contributed by atoms with Crippen molar-refractivity contribution in [3.05, 3.63) is 16.1 Å². The van der Waals surface area contributed by atoms with E-state index in [2.05, 4.69) is 29.5 Å². The lowest BCUT2D eigenvalue weighted by Crippen LogP contribution is -2.25. The predicted octanol–water partition coefficient (Wildman–Crippen LogP) is 3.72. The fourth-order valence-electron chi connectivity index (χ4n) is 2.05. The molecule has 1 heterocycles. The quantitative estimate of drug-likeness (QED) is 0.893. The van der Waals surface area contributed by atoms with Crippen LogP contribution in [0.25, 0.3) is 0 Å². The van der Waals surface area contributed by atoms with Gasteiger partial charge in [-0.25, -0.2) is 4.98 Å². The number of rotatable bonds is 4. The summed E-state index contributed by atoms with van der Waals surface area (Å²) < 4.78 is 0. The minimum atomic E-state index is 0. The minimum Gasteiger partial charge on any atom is -0.308 e. The maximum atomic E-state index is 4.63. The molecule has 1 aromatic rings. The first-order valence-electron chi connectivity index (χ1n) is 5.93. The molecule has 0 atom stereocenters. The largest absolute Gasteiger partial charge is 0.308 e. The van der Waals surface area contributed by atoms with E-state index in [4.69, 9.17) is 0 Å². The maximum absolute atomic E-state index is 4.63. The Labute approximate surface area is 108 Å². The van der Waals surface area contributed by atoms with Crippen molar-refractivity contribution < 1.29 is 0 Å². The van der Waals surface area contributed by atoms with Gasteiger partial charge < -0.3 is 5.32 Å². The van der Waals surface area contributed by atoms with Crippen LogP contribution in [0.1, 0.15) is 56.2 Å². The van der Waals surface area contributed by atoms with Gasteiger partial charge in [0.2, 0.25) is 0 Å². The third kappa shape index (κ3) is 3.72. The van der Waals surface area contributed by atoms with Gasteiger partial charge in [-0.1, -0.05) is 26.7 Å². The summed E-state index contributed by atoms with van der Waals surface area (Å²) in [7, 11) is 0. The number of hydrogen-bond acceptors (Lipinski definition) is 3. The minimum absolute atomic E-state index is 0. The molecule has 2 nitrogen and oxygen atoms in total. The monoisotopic (exact) mass is 260 g/mol. The van der Waals surface area contributed by atoms with Crippen molar-refractivity contribution in [3.63, 3.8) is 0 Å². The SMILES string of the molecule is CC(C)c1nc(CNC2CCCC2)cs1.Cl. The van der Waals surface area contributed by atoms with E-state index >= 15 is 0 Å². The molecule has 0 spiro atoms. The van der Waals surface area contributed by atoms with E-state index in [9.17, 15) is 0 Å². The second-order valence-electron chi connectivity index (χ2n) is 4.69. The number of thiazole rings is 1. The zero-order chi connectivity index (χ0) is 10.7. The average molecular weight is 261 g/mol. The van der Waals surface area contributed by atoms with Crippen molar-refractivity contribution in [3.8, 4) is 0 Å². The van der Waals surface area contributed by atoms with E-state index in [-0.39, 0.29) is 12.4 Å².